The molecule has 2 aromatic rings. The van der Waals surface area contributed by atoms with E-state index in [1.807, 2.05) is 19.1 Å². The minimum atomic E-state index is 0.236. The van der Waals surface area contributed by atoms with Gasteiger partial charge in [-0.2, -0.15) is 0 Å². The van der Waals surface area contributed by atoms with E-state index in [-0.39, 0.29) is 6.04 Å². The number of nitrogens with one attached hydrogen (secondary N) is 1. The molecule has 1 N–H and O–H groups in total. The first-order valence-corrected chi connectivity index (χ1v) is 7.60. The van der Waals surface area contributed by atoms with Crippen LogP contribution in [0.25, 0.3) is 0 Å². The molecule has 19 heavy (non-hydrogen) atoms. The Morgan fingerprint density at radius 1 is 1.37 bits per heavy atom. The van der Waals surface area contributed by atoms with Crippen LogP contribution < -0.4 is 10.1 Å². The van der Waals surface area contributed by atoms with Crippen molar-refractivity contribution < 1.29 is 4.74 Å². The zero-order valence-corrected chi connectivity index (χ0v) is 12.9. The Labute approximate surface area is 123 Å². The van der Waals surface area contributed by atoms with Gasteiger partial charge in [-0.25, -0.2) is 0 Å². The summed E-state index contributed by atoms with van der Waals surface area (Å²) in [6.45, 7) is 6.90. The molecule has 1 aromatic carbocycles. The van der Waals surface area contributed by atoms with E-state index in [4.69, 9.17) is 16.3 Å². The van der Waals surface area contributed by atoms with Crippen LogP contribution in [0, 0.1) is 6.92 Å². The van der Waals surface area contributed by atoms with E-state index in [1.165, 1.54) is 11.1 Å². The number of ether oxygens (including phenoxy) is 1. The van der Waals surface area contributed by atoms with Crippen LogP contribution in [-0.2, 0) is 0 Å². The van der Waals surface area contributed by atoms with Gasteiger partial charge in [0.25, 0.3) is 0 Å². The molecule has 2 nitrogen and oxygen atoms in total. The highest BCUT2D eigenvalue weighted by atomic mass is 35.5. The topological polar surface area (TPSA) is 21.3 Å². The van der Waals surface area contributed by atoms with Crippen molar-refractivity contribution >= 4 is 28.6 Å². The molecule has 0 bridgehead atoms. The molecule has 102 valence electrons. The summed E-state index contributed by atoms with van der Waals surface area (Å²) < 4.78 is 6.32. The Hall–Kier alpha value is -1.19. The zero-order valence-electron chi connectivity index (χ0n) is 11.4. The first-order chi connectivity index (χ1) is 9.10. The van der Waals surface area contributed by atoms with Gasteiger partial charge in [0.15, 0.2) is 0 Å². The number of rotatable bonds is 5. The third kappa shape index (κ3) is 3.64. The molecule has 0 fully saturated rings. The molecule has 0 spiro atoms. The summed E-state index contributed by atoms with van der Waals surface area (Å²) in [7, 11) is 0. The van der Waals surface area contributed by atoms with Gasteiger partial charge in [-0.15, -0.1) is 11.3 Å². The molecule has 1 unspecified atom stereocenters. The molecule has 0 radical (unpaired) electrons. The smallest absolute Gasteiger partial charge is 0.119 e. The first-order valence-electron chi connectivity index (χ1n) is 6.34. The van der Waals surface area contributed by atoms with Crippen molar-refractivity contribution in [1.29, 1.82) is 0 Å². The Kier molecular flexibility index (Phi) is 4.72. The van der Waals surface area contributed by atoms with E-state index >= 15 is 0 Å². The second-order valence-corrected chi connectivity index (χ2v) is 6.00. The predicted octanol–water partition coefficient (Wildman–Crippen LogP) is 5.28. The Morgan fingerprint density at radius 3 is 2.74 bits per heavy atom. The normalized spacial score (nSPS) is 12.2. The zero-order chi connectivity index (χ0) is 13.8. The van der Waals surface area contributed by atoms with Crippen molar-refractivity contribution in [3.05, 3.63) is 45.1 Å². The van der Waals surface area contributed by atoms with Crippen molar-refractivity contribution in [3.63, 3.8) is 0 Å². The Balaban J connectivity index is 2.10. The number of benzene rings is 1. The molecular weight excluding hydrogens is 278 g/mol. The Bertz CT molecular complexity index is 553. The molecule has 0 saturated heterocycles. The monoisotopic (exact) mass is 295 g/mol. The van der Waals surface area contributed by atoms with E-state index in [0.717, 1.165) is 15.8 Å². The van der Waals surface area contributed by atoms with Gasteiger partial charge in [0, 0.05) is 11.7 Å². The summed E-state index contributed by atoms with van der Waals surface area (Å²) in [5.74, 6) is 0.914. The van der Waals surface area contributed by atoms with E-state index < -0.39 is 0 Å². The lowest BCUT2D eigenvalue weighted by atomic mass is 10.1. The fourth-order valence-corrected chi connectivity index (χ4v) is 2.91. The van der Waals surface area contributed by atoms with Crippen LogP contribution in [0.2, 0.25) is 4.34 Å². The maximum atomic E-state index is 5.97. The van der Waals surface area contributed by atoms with Crippen LogP contribution in [0.3, 0.4) is 0 Å². The van der Waals surface area contributed by atoms with Gasteiger partial charge in [-0.05, 0) is 61.5 Å². The van der Waals surface area contributed by atoms with E-state index in [0.29, 0.717) is 6.61 Å². The number of hydrogen-bond donors (Lipinski definition) is 1. The minimum Gasteiger partial charge on any atom is -0.494 e. The van der Waals surface area contributed by atoms with Crippen LogP contribution in [0.1, 0.15) is 31.0 Å². The van der Waals surface area contributed by atoms with Crippen molar-refractivity contribution in [2.45, 2.75) is 26.8 Å². The molecule has 1 atom stereocenters. The fourth-order valence-electron chi connectivity index (χ4n) is 1.92. The van der Waals surface area contributed by atoms with Crippen LogP contribution in [0.15, 0.2) is 29.6 Å². The van der Waals surface area contributed by atoms with Crippen molar-refractivity contribution in [2.24, 2.45) is 0 Å². The molecule has 0 amide bonds. The molecule has 0 aliphatic carbocycles. The number of anilines is 1. The predicted molar refractivity (Wildman–Crippen MR) is 83.7 cm³/mol. The number of thiophene rings is 1. The fraction of sp³-hybridized carbons (Fsp3) is 0.333. The van der Waals surface area contributed by atoms with Crippen molar-refractivity contribution in [3.8, 4) is 5.75 Å². The second kappa shape index (κ2) is 6.31. The Morgan fingerprint density at radius 2 is 2.16 bits per heavy atom. The minimum absolute atomic E-state index is 0.236. The standard InChI is InChI=1S/C15H18ClNOS/c1-4-18-13-5-6-14(10(2)7-13)17-11(3)12-8-15(16)19-9-12/h5-9,11,17H,4H2,1-3H3. The maximum absolute atomic E-state index is 5.97. The summed E-state index contributed by atoms with van der Waals surface area (Å²) in [6, 6.07) is 8.35. The van der Waals surface area contributed by atoms with Gasteiger partial charge >= 0.3 is 0 Å². The summed E-state index contributed by atoms with van der Waals surface area (Å²) in [4.78, 5) is 0. The van der Waals surface area contributed by atoms with Crippen molar-refractivity contribution in [1.82, 2.24) is 0 Å². The molecule has 0 aliphatic heterocycles. The number of halogens is 1. The van der Waals surface area contributed by atoms with Crippen LogP contribution in [0.4, 0.5) is 5.69 Å². The van der Waals surface area contributed by atoms with Gasteiger partial charge in [0.2, 0.25) is 0 Å². The molecule has 0 saturated carbocycles. The molecule has 2 rings (SSSR count). The van der Waals surface area contributed by atoms with E-state index in [1.54, 1.807) is 11.3 Å². The van der Waals surface area contributed by atoms with Crippen LogP contribution >= 0.6 is 22.9 Å². The lowest BCUT2D eigenvalue weighted by Gasteiger charge is -2.17. The highest BCUT2D eigenvalue weighted by Crippen LogP contribution is 2.29. The highest BCUT2D eigenvalue weighted by Gasteiger charge is 2.09. The number of aryl methyl sites for hydroxylation is 1. The van der Waals surface area contributed by atoms with Gasteiger partial charge in [0.1, 0.15) is 5.75 Å². The summed E-state index contributed by atoms with van der Waals surface area (Å²) in [5.41, 5.74) is 3.51. The van der Waals surface area contributed by atoms with Crippen molar-refractivity contribution in [2.75, 3.05) is 11.9 Å². The van der Waals surface area contributed by atoms with Gasteiger partial charge in [-0.1, -0.05) is 11.6 Å². The molecule has 1 heterocycles. The maximum Gasteiger partial charge on any atom is 0.119 e. The summed E-state index contributed by atoms with van der Waals surface area (Å²) in [6.07, 6.45) is 0. The van der Waals surface area contributed by atoms with E-state index in [2.05, 4.69) is 36.7 Å². The number of hydrogen-bond acceptors (Lipinski definition) is 3. The molecule has 4 heteroatoms. The largest absolute Gasteiger partial charge is 0.494 e. The summed E-state index contributed by atoms with van der Waals surface area (Å²) in [5, 5.41) is 5.59. The molecule has 1 aromatic heterocycles. The second-order valence-electron chi connectivity index (χ2n) is 4.46. The molecular formula is C15H18ClNOS. The quantitative estimate of drug-likeness (QED) is 0.810. The first kappa shape index (κ1) is 14.2. The van der Waals surface area contributed by atoms with Crippen LogP contribution in [-0.4, -0.2) is 6.61 Å². The van der Waals surface area contributed by atoms with Gasteiger partial charge in [0.05, 0.1) is 10.9 Å². The lowest BCUT2D eigenvalue weighted by Crippen LogP contribution is -2.06. The third-order valence-corrected chi connectivity index (χ3v) is 4.08. The van der Waals surface area contributed by atoms with Gasteiger partial charge < -0.3 is 10.1 Å². The van der Waals surface area contributed by atoms with E-state index in [9.17, 15) is 0 Å². The van der Waals surface area contributed by atoms with Crippen LogP contribution in [0.5, 0.6) is 5.75 Å². The average Bonchev–Trinajstić information content (AvgIpc) is 2.80. The average molecular weight is 296 g/mol. The lowest BCUT2D eigenvalue weighted by molar-refractivity contribution is 0.340. The third-order valence-electron chi connectivity index (χ3n) is 2.97. The highest BCUT2D eigenvalue weighted by molar-refractivity contribution is 7.14. The summed E-state index contributed by atoms with van der Waals surface area (Å²) >= 11 is 7.53. The molecule has 0 aliphatic rings. The van der Waals surface area contributed by atoms with Gasteiger partial charge in [-0.3, -0.25) is 0 Å². The SMILES string of the molecule is CCOc1ccc(NC(C)c2csc(Cl)c2)c(C)c1.